The third-order valence-electron chi connectivity index (χ3n) is 4.04. The van der Waals surface area contributed by atoms with Crippen LogP contribution in [0, 0.1) is 5.92 Å². The molecule has 9 heteroatoms. The number of rotatable bonds is 6. The van der Waals surface area contributed by atoms with E-state index in [9.17, 15) is 9.59 Å². The summed E-state index contributed by atoms with van der Waals surface area (Å²) in [7, 11) is 0. The van der Waals surface area contributed by atoms with Gasteiger partial charge in [0.05, 0.1) is 18.9 Å². The second-order valence-electron chi connectivity index (χ2n) is 7.43. The fourth-order valence-corrected chi connectivity index (χ4v) is 2.71. The van der Waals surface area contributed by atoms with Gasteiger partial charge in [-0.25, -0.2) is 4.98 Å². The number of carbonyl (C=O) groups is 2. The summed E-state index contributed by atoms with van der Waals surface area (Å²) in [6.45, 7) is 4.14. The number of ether oxygens (including phenoxy) is 1. The molecule has 1 aromatic heterocycles. The first-order valence-corrected chi connectivity index (χ1v) is 9.66. The van der Waals surface area contributed by atoms with Crippen molar-refractivity contribution in [2.75, 3.05) is 19.7 Å². The fraction of sp³-hybridized carbons (Fsp3) is 0.429. The molecule has 0 aliphatic carbocycles. The van der Waals surface area contributed by atoms with Crippen molar-refractivity contribution in [3.63, 3.8) is 0 Å². The average molecular weight is 421 g/mol. The minimum Gasteiger partial charge on any atom is -0.376 e. The Morgan fingerprint density at radius 2 is 1.80 bits per heavy atom. The smallest absolute Gasteiger partial charge is 0.271 e. The molecule has 1 aliphatic rings. The summed E-state index contributed by atoms with van der Waals surface area (Å²) in [6.07, 6.45) is 5.15. The Morgan fingerprint density at radius 1 is 1.13 bits per heavy atom. The summed E-state index contributed by atoms with van der Waals surface area (Å²) in [5.41, 5.74) is 0.932. The average Bonchev–Trinajstić information content (AvgIpc) is 3.18. The molecule has 2 amide bonds. The van der Waals surface area contributed by atoms with Crippen LogP contribution in [0.3, 0.4) is 0 Å². The van der Waals surface area contributed by atoms with E-state index in [1.54, 1.807) is 12.1 Å². The van der Waals surface area contributed by atoms with E-state index in [-0.39, 0.29) is 32.4 Å². The number of nitrogens with zero attached hydrogens (tertiary/aromatic N) is 2. The molecule has 2 atom stereocenters. The zero-order valence-electron chi connectivity index (χ0n) is 17.1. The molecular weight excluding hydrogens is 388 g/mol. The van der Waals surface area contributed by atoms with E-state index in [1.165, 1.54) is 32.4 Å². The van der Waals surface area contributed by atoms with Gasteiger partial charge in [-0.05, 0) is 32.4 Å². The van der Waals surface area contributed by atoms with Gasteiger partial charge in [-0.3, -0.25) is 14.6 Å². The highest BCUT2D eigenvalue weighted by Crippen LogP contribution is 2.18. The van der Waals surface area contributed by atoms with Gasteiger partial charge in [-0.15, -0.1) is 0 Å². The molecular formula is C21H32N4O5. The van der Waals surface area contributed by atoms with Crippen LogP contribution in [0.1, 0.15) is 44.0 Å². The minimum atomic E-state index is -1.50. The molecule has 3 rings (SSSR count). The minimum absolute atomic E-state index is 0. The standard InChI is InChI=1S/C18H20N4O3.C3H8O2.2H2/c23-17(14-4-2-1-3-5-14)21-9-13-8-15(25-12-13)10-22-18(24)16-11-19-6-7-20-16;1-3(2,4)5;;/h1-7,11,13,15H,8-10,12H2,(H,21,23)(H,22,24);4-5H,1-2H3;2*1H/t13-,15+;;;/m1.../s1. The molecule has 0 radical (unpaired) electrons. The predicted octanol–water partition coefficient (Wildman–Crippen LogP) is 1.24. The molecule has 0 spiro atoms. The van der Waals surface area contributed by atoms with E-state index in [0.717, 1.165) is 6.42 Å². The van der Waals surface area contributed by atoms with Crippen molar-refractivity contribution in [1.82, 2.24) is 20.6 Å². The maximum absolute atomic E-state index is 12.0. The van der Waals surface area contributed by atoms with Gasteiger partial charge >= 0.3 is 0 Å². The van der Waals surface area contributed by atoms with Crippen molar-refractivity contribution in [2.24, 2.45) is 5.92 Å². The maximum atomic E-state index is 12.0. The van der Waals surface area contributed by atoms with Crippen LogP contribution in [0.25, 0.3) is 0 Å². The molecule has 2 aromatic rings. The second-order valence-corrected chi connectivity index (χ2v) is 7.43. The third kappa shape index (κ3) is 9.08. The second kappa shape index (κ2) is 11.3. The van der Waals surface area contributed by atoms with Crippen LogP contribution >= 0.6 is 0 Å². The molecule has 4 N–H and O–H groups in total. The zero-order valence-corrected chi connectivity index (χ0v) is 17.1. The molecule has 1 aromatic carbocycles. The number of aromatic nitrogens is 2. The Balaban J connectivity index is 0.00000124. The van der Waals surface area contributed by atoms with Crippen molar-refractivity contribution in [1.29, 1.82) is 0 Å². The quantitative estimate of drug-likeness (QED) is 0.517. The van der Waals surface area contributed by atoms with Crippen LogP contribution in [0.5, 0.6) is 0 Å². The predicted molar refractivity (Wildman–Crippen MR) is 114 cm³/mol. The lowest BCUT2D eigenvalue weighted by Gasteiger charge is -2.11. The van der Waals surface area contributed by atoms with Crippen molar-refractivity contribution >= 4 is 11.8 Å². The molecule has 0 bridgehead atoms. The maximum Gasteiger partial charge on any atom is 0.271 e. The highest BCUT2D eigenvalue weighted by Gasteiger charge is 2.26. The van der Waals surface area contributed by atoms with Crippen molar-refractivity contribution < 1.29 is 27.4 Å². The lowest BCUT2D eigenvalue weighted by Crippen LogP contribution is -2.33. The molecule has 2 heterocycles. The summed E-state index contributed by atoms with van der Waals surface area (Å²) >= 11 is 0. The van der Waals surface area contributed by atoms with Crippen molar-refractivity contribution in [3.8, 4) is 0 Å². The van der Waals surface area contributed by atoms with Crippen LogP contribution in [0.4, 0.5) is 0 Å². The summed E-state index contributed by atoms with van der Waals surface area (Å²) in [6, 6.07) is 9.12. The SMILES string of the molecule is CC(C)(O)O.O=C(NC[C@@H]1CO[C@H](CNC(=O)c2cnccn2)C1)c1ccccc1.[HH].[HH]. The van der Waals surface area contributed by atoms with Gasteiger partial charge in [0.25, 0.3) is 11.8 Å². The molecule has 1 saturated heterocycles. The van der Waals surface area contributed by atoms with Crippen LogP contribution < -0.4 is 10.6 Å². The van der Waals surface area contributed by atoms with Gasteiger partial charge < -0.3 is 25.6 Å². The Kier molecular flexibility index (Phi) is 8.85. The molecule has 1 aliphatic heterocycles. The number of carbonyl (C=O) groups excluding carboxylic acids is 2. The molecule has 0 saturated carbocycles. The van der Waals surface area contributed by atoms with E-state index in [2.05, 4.69) is 20.6 Å². The van der Waals surface area contributed by atoms with E-state index >= 15 is 0 Å². The van der Waals surface area contributed by atoms with Crippen LogP contribution in [-0.2, 0) is 4.74 Å². The Labute approximate surface area is 178 Å². The number of aliphatic hydroxyl groups is 2. The lowest BCUT2D eigenvalue weighted by molar-refractivity contribution is -0.127. The summed E-state index contributed by atoms with van der Waals surface area (Å²) in [5, 5.41) is 21.9. The van der Waals surface area contributed by atoms with Crippen molar-refractivity contribution in [3.05, 3.63) is 60.2 Å². The highest BCUT2D eigenvalue weighted by atomic mass is 16.5. The summed E-state index contributed by atoms with van der Waals surface area (Å²) in [5.74, 6) is -1.61. The van der Waals surface area contributed by atoms with Gasteiger partial charge in [-0.1, -0.05) is 18.2 Å². The van der Waals surface area contributed by atoms with Crippen molar-refractivity contribution in [2.45, 2.75) is 32.2 Å². The molecule has 0 unspecified atom stereocenters. The van der Waals surface area contributed by atoms with Gasteiger partial charge in [0, 0.05) is 39.8 Å². The topological polar surface area (TPSA) is 134 Å². The number of amides is 2. The molecule has 166 valence electrons. The first-order chi connectivity index (χ1) is 14.2. The van der Waals surface area contributed by atoms with E-state index in [0.29, 0.717) is 25.3 Å². The number of hydrogen-bond donors (Lipinski definition) is 4. The van der Waals surface area contributed by atoms with Crippen LogP contribution in [0.15, 0.2) is 48.9 Å². The summed E-state index contributed by atoms with van der Waals surface area (Å²) in [4.78, 5) is 31.8. The third-order valence-corrected chi connectivity index (χ3v) is 4.04. The van der Waals surface area contributed by atoms with E-state index in [1.807, 2.05) is 18.2 Å². The van der Waals surface area contributed by atoms with Crippen LogP contribution in [-0.4, -0.2) is 63.6 Å². The highest BCUT2D eigenvalue weighted by molar-refractivity contribution is 5.94. The zero-order chi connectivity index (χ0) is 22.0. The fourth-order valence-electron chi connectivity index (χ4n) is 2.71. The lowest BCUT2D eigenvalue weighted by atomic mass is 10.1. The normalized spacial score (nSPS) is 18.1. The molecule has 1 fully saturated rings. The monoisotopic (exact) mass is 420 g/mol. The first-order valence-electron chi connectivity index (χ1n) is 9.66. The Hall–Kier alpha value is -2.88. The van der Waals surface area contributed by atoms with E-state index < -0.39 is 5.79 Å². The van der Waals surface area contributed by atoms with Gasteiger partial charge in [0.15, 0.2) is 5.79 Å². The van der Waals surface area contributed by atoms with Crippen LogP contribution in [0.2, 0.25) is 0 Å². The Morgan fingerprint density at radius 3 is 2.43 bits per heavy atom. The number of nitrogens with one attached hydrogen (secondary N) is 2. The van der Waals surface area contributed by atoms with Gasteiger partial charge in [0.1, 0.15) is 5.69 Å². The first kappa shape index (κ1) is 23.4. The Bertz CT molecular complexity index is 739. The van der Waals surface area contributed by atoms with Gasteiger partial charge in [-0.2, -0.15) is 0 Å². The number of benzene rings is 1. The molecule has 30 heavy (non-hydrogen) atoms. The van der Waals surface area contributed by atoms with E-state index in [4.69, 9.17) is 14.9 Å². The summed E-state index contributed by atoms with van der Waals surface area (Å²) < 4.78 is 5.69. The molecule has 9 nitrogen and oxygen atoms in total. The number of hydrogen-bond acceptors (Lipinski definition) is 7. The largest absolute Gasteiger partial charge is 0.376 e. The van der Waals surface area contributed by atoms with Gasteiger partial charge in [0.2, 0.25) is 0 Å².